The number of benzene rings is 1. The van der Waals surface area contributed by atoms with Crippen LogP contribution in [0.5, 0.6) is 0 Å². The number of rotatable bonds is 4. The fourth-order valence-electron chi connectivity index (χ4n) is 1.65. The van der Waals surface area contributed by atoms with E-state index in [1.165, 1.54) is 18.2 Å². The second-order valence-corrected chi connectivity index (χ2v) is 4.27. The number of hydrogen-bond acceptors (Lipinski definition) is 4. The molecule has 0 radical (unpaired) electrons. The van der Waals surface area contributed by atoms with Crippen LogP contribution in [0.4, 0.5) is 19.0 Å². The Labute approximate surface area is 123 Å². The summed E-state index contributed by atoms with van der Waals surface area (Å²) in [5.41, 5.74) is 4.60. The maximum Gasteiger partial charge on any atom is 0.416 e. The van der Waals surface area contributed by atoms with Crippen LogP contribution in [-0.4, -0.2) is 27.4 Å². The van der Waals surface area contributed by atoms with E-state index in [1.807, 2.05) is 0 Å². The highest BCUT2D eigenvalue weighted by molar-refractivity contribution is 5.96. The molecule has 0 bridgehead atoms. The Morgan fingerprint density at radius 2 is 2.14 bits per heavy atom. The van der Waals surface area contributed by atoms with Crippen LogP contribution >= 0.6 is 0 Å². The van der Waals surface area contributed by atoms with Crippen LogP contribution in [0.2, 0.25) is 0 Å². The van der Waals surface area contributed by atoms with Gasteiger partial charge < -0.3 is 11.1 Å². The first-order chi connectivity index (χ1) is 10.3. The van der Waals surface area contributed by atoms with Gasteiger partial charge in [-0.1, -0.05) is 12.1 Å². The van der Waals surface area contributed by atoms with Gasteiger partial charge in [0.25, 0.3) is 5.91 Å². The quantitative estimate of drug-likeness (QED) is 0.843. The maximum atomic E-state index is 12.7. The van der Waals surface area contributed by atoms with Crippen molar-refractivity contribution in [1.29, 1.82) is 0 Å². The summed E-state index contributed by atoms with van der Waals surface area (Å²) in [7, 11) is 0. The van der Waals surface area contributed by atoms with E-state index >= 15 is 0 Å². The van der Waals surface area contributed by atoms with E-state index in [1.54, 1.807) is 0 Å². The van der Waals surface area contributed by atoms with Crippen LogP contribution in [0, 0.1) is 0 Å². The maximum absolute atomic E-state index is 12.7. The molecule has 2 aromatic rings. The summed E-state index contributed by atoms with van der Waals surface area (Å²) in [5.74, 6) is -0.769. The number of amides is 1. The molecule has 6 nitrogen and oxygen atoms in total. The molecule has 0 aliphatic carbocycles. The smallest absolute Gasteiger partial charge is 0.380 e. The van der Waals surface area contributed by atoms with Crippen LogP contribution in [0.1, 0.15) is 16.1 Å². The summed E-state index contributed by atoms with van der Waals surface area (Å²) in [5, 5.41) is 10.0. The number of nitrogen functional groups attached to an aromatic ring is 1. The first-order valence-electron chi connectivity index (χ1n) is 6.12. The zero-order chi connectivity index (χ0) is 16.3. The van der Waals surface area contributed by atoms with Gasteiger partial charge in [0.15, 0.2) is 11.5 Å². The number of anilines is 1. The number of hydrogen-bond donors (Lipinski definition) is 2. The highest BCUT2D eigenvalue weighted by Crippen LogP contribution is 2.30. The molecule has 9 heteroatoms. The number of nitrogens with two attached hydrogens (primary N) is 1. The molecule has 2 rings (SSSR count). The van der Waals surface area contributed by atoms with Crippen molar-refractivity contribution >= 4 is 11.7 Å². The summed E-state index contributed by atoms with van der Waals surface area (Å²) in [6.45, 7) is 3.64. The molecule has 1 amide bonds. The lowest BCUT2D eigenvalue weighted by Gasteiger charge is -2.07. The van der Waals surface area contributed by atoms with E-state index in [0.717, 1.165) is 16.9 Å². The molecule has 0 fully saturated rings. The van der Waals surface area contributed by atoms with Crippen LogP contribution in [0.25, 0.3) is 5.69 Å². The molecule has 0 unspecified atom stereocenters. The Bertz CT molecular complexity index is 708. The SMILES string of the molecule is C=CCNC(=O)c1nn(-c2cccc(C(F)(F)F)c2)nc1N. The minimum absolute atomic E-state index is 0.0456. The first-order valence-corrected chi connectivity index (χ1v) is 6.12. The van der Waals surface area contributed by atoms with Crippen LogP contribution in [0.15, 0.2) is 36.9 Å². The second-order valence-electron chi connectivity index (χ2n) is 4.27. The van der Waals surface area contributed by atoms with E-state index in [-0.39, 0.29) is 23.7 Å². The van der Waals surface area contributed by atoms with E-state index in [0.29, 0.717) is 0 Å². The molecule has 0 saturated heterocycles. The fraction of sp³-hybridized carbons (Fsp3) is 0.154. The van der Waals surface area contributed by atoms with E-state index < -0.39 is 17.6 Å². The second kappa shape index (κ2) is 5.88. The first kappa shape index (κ1) is 15.5. The Morgan fingerprint density at radius 1 is 1.41 bits per heavy atom. The van der Waals surface area contributed by atoms with Gasteiger partial charge in [-0.15, -0.1) is 21.6 Å². The summed E-state index contributed by atoms with van der Waals surface area (Å²) >= 11 is 0. The van der Waals surface area contributed by atoms with E-state index in [9.17, 15) is 18.0 Å². The van der Waals surface area contributed by atoms with Crippen molar-refractivity contribution in [3.63, 3.8) is 0 Å². The molecule has 0 atom stereocenters. The van der Waals surface area contributed by atoms with Gasteiger partial charge in [0.1, 0.15) is 0 Å². The molecule has 22 heavy (non-hydrogen) atoms. The van der Waals surface area contributed by atoms with Gasteiger partial charge in [-0.3, -0.25) is 4.79 Å². The van der Waals surface area contributed by atoms with Crippen LogP contribution in [-0.2, 0) is 6.18 Å². The fourth-order valence-corrected chi connectivity index (χ4v) is 1.65. The molecular weight excluding hydrogens is 299 g/mol. The lowest BCUT2D eigenvalue weighted by Crippen LogP contribution is -2.24. The van der Waals surface area contributed by atoms with Gasteiger partial charge in [-0.2, -0.15) is 13.2 Å². The molecule has 0 aliphatic heterocycles. The molecule has 0 spiro atoms. The molecule has 116 valence electrons. The molecule has 1 aromatic heterocycles. The predicted molar refractivity (Wildman–Crippen MR) is 73.3 cm³/mol. The van der Waals surface area contributed by atoms with Gasteiger partial charge in [-0.05, 0) is 18.2 Å². The normalized spacial score (nSPS) is 11.2. The number of halogens is 3. The van der Waals surface area contributed by atoms with Gasteiger partial charge in [0, 0.05) is 6.54 Å². The van der Waals surface area contributed by atoms with Gasteiger partial charge >= 0.3 is 6.18 Å². The predicted octanol–water partition coefficient (Wildman–Crippen LogP) is 1.78. The zero-order valence-electron chi connectivity index (χ0n) is 11.3. The van der Waals surface area contributed by atoms with Crippen molar-refractivity contribution in [1.82, 2.24) is 20.3 Å². The highest BCUT2D eigenvalue weighted by atomic mass is 19.4. The summed E-state index contributed by atoms with van der Waals surface area (Å²) in [6.07, 6.45) is -3.02. The average Bonchev–Trinajstić information content (AvgIpc) is 2.86. The number of carbonyl (C=O) groups is 1. The molecule has 0 saturated carbocycles. The molecule has 1 heterocycles. The van der Waals surface area contributed by atoms with Gasteiger partial charge in [-0.25, -0.2) is 0 Å². The number of alkyl halides is 3. The molecule has 3 N–H and O–H groups in total. The van der Waals surface area contributed by atoms with Crippen molar-refractivity contribution in [3.8, 4) is 5.69 Å². The summed E-state index contributed by atoms with van der Waals surface area (Å²) < 4.78 is 38.1. The average molecular weight is 311 g/mol. The highest BCUT2D eigenvalue weighted by Gasteiger charge is 2.30. The Morgan fingerprint density at radius 3 is 2.77 bits per heavy atom. The number of carbonyl (C=O) groups excluding carboxylic acids is 1. The largest absolute Gasteiger partial charge is 0.416 e. The standard InChI is InChI=1S/C13H12F3N5O/c1-2-6-18-12(22)10-11(17)20-21(19-10)9-5-3-4-8(7-9)13(14,15)16/h2-5,7H,1,6H2,(H2,17,20)(H,18,22). The summed E-state index contributed by atoms with van der Waals surface area (Å²) in [6, 6.07) is 4.38. The van der Waals surface area contributed by atoms with E-state index in [4.69, 9.17) is 5.73 Å². The monoisotopic (exact) mass is 311 g/mol. The number of nitrogens with zero attached hydrogens (tertiary/aromatic N) is 3. The van der Waals surface area contributed by atoms with Crippen molar-refractivity contribution < 1.29 is 18.0 Å². The lowest BCUT2D eigenvalue weighted by atomic mass is 10.2. The minimum Gasteiger partial charge on any atom is -0.380 e. The van der Waals surface area contributed by atoms with Crippen LogP contribution in [0.3, 0.4) is 0 Å². The number of aromatic nitrogens is 3. The van der Waals surface area contributed by atoms with Crippen LogP contribution < -0.4 is 11.1 Å². The third-order valence-electron chi connectivity index (χ3n) is 2.67. The van der Waals surface area contributed by atoms with Crippen molar-refractivity contribution in [2.24, 2.45) is 0 Å². The van der Waals surface area contributed by atoms with Crippen molar-refractivity contribution in [3.05, 3.63) is 48.2 Å². The van der Waals surface area contributed by atoms with Crippen molar-refractivity contribution in [2.45, 2.75) is 6.18 Å². The Kier molecular flexibility index (Phi) is 4.15. The molecular formula is C13H12F3N5O. The molecule has 0 aliphatic rings. The van der Waals surface area contributed by atoms with Gasteiger partial charge in [0.05, 0.1) is 11.3 Å². The Hall–Kier alpha value is -2.84. The molecule has 1 aromatic carbocycles. The lowest BCUT2D eigenvalue weighted by molar-refractivity contribution is -0.137. The Balaban J connectivity index is 2.35. The van der Waals surface area contributed by atoms with Gasteiger partial charge in [0.2, 0.25) is 0 Å². The summed E-state index contributed by atoms with van der Waals surface area (Å²) in [4.78, 5) is 12.6. The topological polar surface area (TPSA) is 85.8 Å². The van der Waals surface area contributed by atoms with Crippen molar-refractivity contribution in [2.75, 3.05) is 12.3 Å². The van der Waals surface area contributed by atoms with E-state index in [2.05, 4.69) is 22.1 Å². The minimum atomic E-state index is -4.49. The zero-order valence-corrected chi connectivity index (χ0v) is 11.3. The third kappa shape index (κ3) is 3.25. The number of nitrogens with one attached hydrogen (secondary N) is 1. The third-order valence-corrected chi connectivity index (χ3v) is 2.67.